The maximum Gasteiger partial charge on any atom is 0.336 e. The second-order valence-electron chi connectivity index (χ2n) is 6.53. The summed E-state index contributed by atoms with van der Waals surface area (Å²) in [5.41, 5.74) is 1.50. The minimum Gasteiger partial charge on any atom is -0.423 e. The van der Waals surface area contributed by atoms with E-state index in [1.165, 1.54) is 34.6 Å². The predicted octanol–water partition coefficient (Wildman–Crippen LogP) is 3.38. The van der Waals surface area contributed by atoms with Crippen molar-refractivity contribution in [1.82, 2.24) is 4.31 Å². The summed E-state index contributed by atoms with van der Waals surface area (Å²) in [6.07, 6.45) is 0. The zero-order chi connectivity index (χ0) is 21.2. The van der Waals surface area contributed by atoms with Crippen LogP contribution in [0, 0.1) is 6.92 Å². The number of sulfonamides is 1. The van der Waals surface area contributed by atoms with Crippen molar-refractivity contribution >= 4 is 32.6 Å². The molecule has 29 heavy (non-hydrogen) atoms. The number of aryl methyl sites for hydroxylation is 1. The summed E-state index contributed by atoms with van der Waals surface area (Å²) < 4.78 is 31.6. The Bertz CT molecular complexity index is 1210. The summed E-state index contributed by atoms with van der Waals surface area (Å²) in [7, 11) is -3.58. The molecule has 1 heterocycles. The van der Waals surface area contributed by atoms with Crippen LogP contribution in [0.4, 0.5) is 5.69 Å². The lowest BCUT2D eigenvalue weighted by molar-refractivity contribution is 0.102. The molecule has 3 rings (SSSR count). The number of hydrogen-bond acceptors (Lipinski definition) is 5. The molecule has 1 N–H and O–H groups in total. The van der Waals surface area contributed by atoms with Crippen LogP contribution in [0.5, 0.6) is 0 Å². The number of amides is 1. The van der Waals surface area contributed by atoms with Crippen LogP contribution in [0.3, 0.4) is 0 Å². The van der Waals surface area contributed by atoms with Gasteiger partial charge in [-0.15, -0.1) is 0 Å². The third kappa shape index (κ3) is 4.23. The van der Waals surface area contributed by atoms with Gasteiger partial charge in [0.15, 0.2) is 0 Å². The Morgan fingerprint density at radius 3 is 2.31 bits per heavy atom. The lowest BCUT2D eigenvalue weighted by atomic mass is 10.1. The fourth-order valence-electron chi connectivity index (χ4n) is 3.10. The SMILES string of the molecule is CCN(CC)S(=O)(=O)c1ccc(C(=O)Nc2ccc3c(C)cc(=O)oc3c2)cc1. The fraction of sp³-hybridized carbons (Fsp3) is 0.238. The van der Waals surface area contributed by atoms with E-state index >= 15 is 0 Å². The Morgan fingerprint density at radius 2 is 1.69 bits per heavy atom. The highest BCUT2D eigenvalue weighted by molar-refractivity contribution is 7.89. The van der Waals surface area contributed by atoms with Gasteiger partial charge in [0, 0.05) is 41.9 Å². The molecule has 8 heteroatoms. The molecule has 2 aromatic carbocycles. The van der Waals surface area contributed by atoms with E-state index in [1.807, 2.05) is 6.92 Å². The summed E-state index contributed by atoms with van der Waals surface area (Å²) in [4.78, 5) is 24.2. The molecule has 0 bridgehead atoms. The highest BCUT2D eigenvalue weighted by Gasteiger charge is 2.21. The standard InChI is InChI=1S/C21H22N2O5S/c1-4-23(5-2)29(26,27)17-9-6-15(7-10-17)21(25)22-16-8-11-18-14(3)12-20(24)28-19(18)13-16/h6-13H,4-5H2,1-3H3,(H,22,25). The number of hydrogen-bond donors (Lipinski definition) is 1. The number of nitrogens with zero attached hydrogens (tertiary/aromatic N) is 1. The molecule has 0 aliphatic rings. The van der Waals surface area contributed by atoms with Gasteiger partial charge in [-0.2, -0.15) is 4.31 Å². The average molecular weight is 414 g/mol. The first-order valence-corrected chi connectivity index (χ1v) is 10.7. The van der Waals surface area contributed by atoms with Crippen molar-refractivity contribution in [3.8, 4) is 0 Å². The van der Waals surface area contributed by atoms with Crippen molar-refractivity contribution in [1.29, 1.82) is 0 Å². The van der Waals surface area contributed by atoms with Crippen molar-refractivity contribution in [3.05, 3.63) is 70.1 Å². The number of nitrogens with one attached hydrogen (secondary N) is 1. The molecule has 7 nitrogen and oxygen atoms in total. The minimum absolute atomic E-state index is 0.140. The lowest BCUT2D eigenvalue weighted by Gasteiger charge is -2.18. The van der Waals surface area contributed by atoms with Crippen LogP contribution in [0.25, 0.3) is 11.0 Å². The van der Waals surface area contributed by atoms with Gasteiger partial charge in [0.05, 0.1) is 4.90 Å². The number of benzene rings is 2. The number of rotatable bonds is 6. The molecule has 0 aliphatic heterocycles. The number of carbonyl (C=O) groups is 1. The van der Waals surface area contributed by atoms with Crippen LogP contribution in [-0.2, 0) is 10.0 Å². The van der Waals surface area contributed by atoms with Gasteiger partial charge < -0.3 is 9.73 Å². The van der Waals surface area contributed by atoms with Crippen LogP contribution in [-0.4, -0.2) is 31.7 Å². The van der Waals surface area contributed by atoms with E-state index in [0.717, 1.165) is 10.9 Å². The van der Waals surface area contributed by atoms with Gasteiger partial charge in [0.1, 0.15) is 5.58 Å². The highest BCUT2D eigenvalue weighted by Crippen LogP contribution is 2.22. The lowest BCUT2D eigenvalue weighted by Crippen LogP contribution is -2.30. The van der Waals surface area contributed by atoms with Gasteiger partial charge in [0.25, 0.3) is 5.91 Å². The maximum atomic E-state index is 12.5. The van der Waals surface area contributed by atoms with E-state index in [4.69, 9.17) is 4.42 Å². The molecular weight excluding hydrogens is 392 g/mol. The van der Waals surface area contributed by atoms with Gasteiger partial charge in [0.2, 0.25) is 10.0 Å². The molecule has 0 unspecified atom stereocenters. The second kappa shape index (κ2) is 8.18. The first-order chi connectivity index (χ1) is 13.8. The van der Waals surface area contributed by atoms with Crippen LogP contribution in [0.15, 0.2) is 62.6 Å². The number of anilines is 1. The van der Waals surface area contributed by atoms with Crippen molar-refractivity contribution in [2.45, 2.75) is 25.7 Å². The number of fused-ring (bicyclic) bond motifs is 1. The van der Waals surface area contributed by atoms with E-state index in [9.17, 15) is 18.0 Å². The van der Waals surface area contributed by atoms with Crippen molar-refractivity contribution in [3.63, 3.8) is 0 Å². The summed E-state index contributed by atoms with van der Waals surface area (Å²) in [5, 5.41) is 3.52. The summed E-state index contributed by atoms with van der Waals surface area (Å²) in [6.45, 7) is 6.11. The first-order valence-electron chi connectivity index (χ1n) is 9.22. The quantitative estimate of drug-likeness (QED) is 0.624. The molecule has 0 aliphatic carbocycles. The molecule has 152 valence electrons. The molecule has 1 aromatic heterocycles. The molecule has 3 aromatic rings. The molecule has 0 saturated heterocycles. The smallest absolute Gasteiger partial charge is 0.336 e. The summed E-state index contributed by atoms with van der Waals surface area (Å²) in [6, 6.07) is 12.3. The zero-order valence-electron chi connectivity index (χ0n) is 16.4. The van der Waals surface area contributed by atoms with Crippen LogP contribution < -0.4 is 10.9 Å². The van der Waals surface area contributed by atoms with E-state index in [-0.39, 0.29) is 4.90 Å². The molecule has 0 atom stereocenters. The monoisotopic (exact) mass is 414 g/mol. The van der Waals surface area contributed by atoms with Gasteiger partial charge >= 0.3 is 5.63 Å². The maximum absolute atomic E-state index is 12.5. The molecule has 0 spiro atoms. The molecule has 0 fully saturated rings. The second-order valence-corrected chi connectivity index (χ2v) is 8.47. The predicted molar refractivity (Wildman–Crippen MR) is 112 cm³/mol. The molecule has 0 radical (unpaired) electrons. The molecule has 1 amide bonds. The van der Waals surface area contributed by atoms with Crippen LogP contribution in [0.2, 0.25) is 0 Å². The Balaban J connectivity index is 1.83. The van der Waals surface area contributed by atoms with Crippen molar-refractivity contribution in [2.24, 2.45) is 0 Å². The van der Waals surface area contributed by atoms with E-state index < -0.39 is 21.6 Å². The normalized spacial score (nSPS) is 11.7. The Labute approximate surface area is 169 Å². The zero-order valence-corrected chi connectivity index (χ0v) is 17.2. The largest absolute Gasteiger partial charge is 0.423 e. The van der Waals surface area contributed by atoms with Crippen LogP contribution in [0.1, 0.15) is 29.8 Å². The highest BCUT2D eigenvalue weighted by atomic mass is 32.2. The van der Waals surface area contributed by atoms with Gasteiger partial charge in [-0.3, -0.25) is 4.79 Å². The Hall–Kier alpha value is -2.97. The Kier molecular flexibility index (Phi) is 5.86. The average Bonchev–Trinajstić information content (AvgIpc) is 2.68. The number of carbonyl (C=O) groups excluding carboxylic acids is 1. The molecule has 0 saturated carbocycles. The van der Waals surface area contributed by atoms with Gasteiger partial charge in [-0.1, -0.05) is 13.8 Å². The summed E-state index contributed by atoms with van der Waals surface area (Å²) in [5.74, 6) is -0.397. The van der Waals surface area contributed by atoms with Gasteiger partial charge in [-0.05, 0) is 48.9 Å². The molecular formula is C21H22N2O5S. The Morgan fingerprint density at radius 1 is 1.03 bits per heavy atom. The van der Waals surface area contributed by atoms with E-state index in [1.54, 1.807) is 32.0 Å². The van der Waals surface area contributed by atoms with Gasteiger partial charge in [-0.25, -0.2) is 13.2 Å². The van der Waals surface area contributed by atoms with E-state index in [0.29, 0.717) is 29.9 Å². The first kappa shape index (κ1) is 20.8. The topological polar surface area (TPSA) is 96.7 Å². The third-order valence-corrected chi connectivity index (χ3v) is 6.73. The van der Waals surface area contributed by atoms with E-state index in [2.05, 4.69) is 5.32 Å². The van der Waals surface area contributed by atoms with Crippen molar-refractivity contribution < 1.29 is 17.6 Å². The third-order valence-electron chi connectivity index (χ3n) is 4.67. The van der Waals surface area contributed by atoms with Crippen molar-refractivity contribution in [2.75, 3.05) is 18.4 Å². The fourth-order valence-corrected chi connectivity index (χ4v) is 4.55. The summed E-state index contributed by atoms with van der Waals surface area (Å²) >= 11 is 0. The minimum atomic E-state index is -3.58. The van der Waals surface area contributed by atoms with Crippen LogP contribution >= 0.6 is 0 Å².